The van der Waals surface area contributed by atoms with Crippen molar-refractivity contribution in [2.45, 2.75) is 13.5 Å². The maximum atomic E-state index is 12.5. The van der Waals surface area contributed by atoms with Crippen molar-refractivity contribution >= 4 is 32.8 Å². The Labute approximate surface area is 130 Å². The van der Waals surface area contributed by atoms with Gasteiger partial charge in [0.05, 0.1) is 6.20 Å². The summed E-state index contributed by atoms with van der Waals surface area (Å²) >= 11 is 3.43. The third-order valence-electron chi connectivity index (χ3n) is 3.41. The molecular formula is C15H14BrN3O2. The molecule has 0 spiro atoms. The summed E-state index contributed by atoms with van der Waals surface area (Å²) in [6.07, 6.45) is 3.47. The number of benzene rings is 1. The van der Waals surface area contributed by atoms with Gasteiger partial charge in [-0.1, -0.05) is 15.9 Å². The van der Waals surface area contributed by atoms with Crippen LogP contribution in [0.2, 0.25) is 0 Å². The maximum Gasteiger partial charge on any atom is 0.289 e. The molecular weight excluding hydrogens is 334 g/mol. The van der Waals surface area contributed by atoms with E-state index in [9.17, 15) is 4.79 Å². The lowest BCUT2D eigenvalue weighted by atomic mass is 10.1. The van der Waals surface area contributed by atoms with Crippen molar-refractivity contribution in [1.29, 1.82) is 0 Å². The molecule has 0 saturated carbocycles. The van der Waals surface area contributed by atoms with E-state index in [2.05, 4.69) is 26.1 Å². The molecule has 1 aromatic carbocycles. The van der Waals surface area contributed by atoms with Crippen LogP contribution in [0.15, 0.2) is 39.5 Å². The van der Waals surface area contributed by atoms with E-state index in [0.29, 0.717) is 12.3 Å². The predicted octanol–water partition coefficient (Wildman–Crippen LogP) is 3.50. The Balaban J connectivity index is 1.92. The number of nitrogens with one attached hydrogen (secondary N) is 1. The van der Waals surface area contributed by atoms with Gasteiger partial charge in [-0.2, -0.15) is 5.10 Å². The molecule has 0 atom stereocenters. The van der Waals surface area contributed by atoms with Gasteiger partial charge in [0, 0.05) is 40.8 Å². The van der Waals surface area contributed by atoms with Crippen LogP contribution in [-0.2, 0) is 6.54 Å². The number of hydrogen-bond acceptors (Lipinski definition) is 3. The van der Waals surface area contributed by atoms with Crippen molar-refractivity contribution < 1.29 is 9.21 Å². The number of fused-ring (bicyclic) bond motifs is 1. The first-order valence-corrected chi connectivity index (χ1v) is 7.27. The molecule has 0 aliphatic carbocycles. The number of carbonyl (C=O) groups is 1. The molecule has 0 bridgehead atoms. The van der Waals surface area contributed by atoms with Gasteiger partial charge in [-0.15, -0.1) is 0 Å². The number of amides is 1. The summed E-state index contributed by atoms with van der Waals surface area (Å²) in [5, 5.41) is 7.56. The minimum atomic E-state index is -0.138. The molecule has 1 N–H and O–H groups in total. The molecule has 2 heterocycles. The quantitative estimate of drug-likeness (QED) is 0.788. The summed E-state index contributed by atoms with van der Waals surface area (Å²) in [5.41, 5.74) is 2.52. The van der Waals surface area contributed by atoms with Gasteiger partial charge < -0.3 is 9.32 Å². The standard InChI is InChI=1S/C15H14BrN3O2/c1-9-12-5-11(16)3-4-13(12)21-14(9)15(20)19(2)8-10-6-17-18-7-10/h3-7H,8H2,1-2H3,(H,17,18). The number of H-pyrrole nitrogens is 1. The Hall–Kier alpha value is -2.08. The van der Waals surface area contributed by atoms with Crippen LogP contribution in [-0.4, -0.2) is 28.1 Å². The van der Waals surface area contributed by atoms with E-state index in [0.717, 1.165) is 26.6 Å². The number of nitrogens with zero attached hydrogens (tertiary/aromatic N) is 2. The number of carbonyl (C=O) groups excluding carboxylic acids is 1. The van der Waals surface area contributed by atoms with Gasteiger partial charge in [-0.05, 0) is 25.1 Å². The van der Waals surface area contributed by atoms with Crippen LogP contribution in [0.1, 0.15) is 21.7 Å². The number of furan rings is 1. The van der Waals surface area contributed by atoms with Gasteiger partial charge >= 0.3 is 0 Å². The highest BCUT2D eigenvalue weighted by Gasteiger charge is 2.21. The molecule has 0 radical (unpaired) electrons. The fourth-order valence-electron chi connectivity index (χ4n) is 2.28. The van der Waals surface area contributed by atoms with E-state index in [1.165, 1.54) is 0 Å². The fraction of sp³-hybridized carbons (Fsp3) is 0.200. The number of aromatic nitrogens is 2. The first-order chi connectivity index (χ1) is 10.1. The topological polar surface area (TPSA) is 62.1 Å². The Bertz CT molecular complexity index is 793. The number of rotatable bonds is 3. The van der Waals surface area contributed by atoms with Crippen molar-refractivity contribution in [3.63, 3.8) is 0 Å². The van der Waals surface area contributed by atoms with Gasteiger partial charge in [0.15, 0.2) is 5.76 Å². The summed E-state index contributed by atoms with van der Waals surface area (Å²) < 4.78 is 6.68. The van der Waals surface area contributed by atoms with Crippen LogP contribution in [0, 0.1) is 6.92 Å². The van der Waals surface area contributed by atoms with E-state index in [-0.39, 0.29) is 5.91 Å². The van der Waals surface area contributed by atoms with Crippen molar-refractivity contribution in [2.75, 3.05) is 7.05 Å². The van der Waals surface area contributed by atoms with Crippen LogP contribution in [0.3, 0.4) is 0 Å². The van der Waals surface area contributed by atoms with Crippen molar-refractivity contribution in [1.82, 2.24) is 15.1 Å². The van der Waals surface area contributed by atoms with Gasteiger partial charge in [0.2, 0.25) is 0 Å². The van der Waals surface area contributed by atoms with Gasteiger partial charge in [-0.25, -0.2) is 0 Å². The zero-order valence-electron chi connectivity index (χ0n) is 11.7. The van der Waals surface area contributed by atoms with Gasteiger partial charge in [-0.3, -0.25) is 9.89 Å². The minimum Gasteiger partial charge on any atom is -0.451 e. The third kappa shape index (κ3) is 2.58. The SMILES string of the molecule is Cc1c(C(=O)N(C)Cc2cn[nH]c2)oc2ccc(Br)cc12. The molecule has 108 valence electrons. The monoisotopic (exact) mass is 347 g/mol. The van der Waals surface area contributed by atoms with E-state index in [4.69, 9.17) is 4.42 Å². The third-order valence-corrected chi connectivity index (χ3v) is 3.91. The molecule has 0 aliphatic heterocycles. The lowest BCUT2D eigenvalue weighted by Gasteiger charge is -2.14. The highest BCUT2D eigenvalue weighted by molar-refractivity contribution is 9.10. The van der Waals surface area contributed by atoms with Crippen molar-refractivity contribution in [3.05, 3.63) is 52.0 Å². The molecule has 0 fully saturated rings. The average molecular weight is 348 g/mol. The molecule has 0 unspecified atom stereocenters. The number of aryl methyl sites for hydroxylation is 1. The number of halogens is 1. The molecule has 0 saturated heterocycles. The molecule has 1 amide bonds. The Morgan fingerprint density at radius 3 is 3.00 bits per heavy atom. The van der Waals surface area contributed by atoms with Crippen molar-refractivity contribution in [3.8, 4) is 0 Å². The second kappa shape index (κ2) is 5.37. The normalized spacial score (nSPS) is 11.0. The molecule has 5 nitrogen and oxygen atoms in total. The predicted molar refractivity (Wildman–Crippen MR) is 83.0 cm³/mol. The summed E-state index contributed by atoms with van der Waals surface area (Å²) in [4.78, 5) is 14.2. The Morgan fingerprint density at radius 1 is 1.48 bits per heavy atom. The molecule has 3 rings (SSSR count). The summed E-state index contributed by atoms with van der Waals surface area (Å²) in [6, 6.07) is 5.72. The van der Waals surface area contributed by atoms with E-state index >= 15 is 0 Å². The molecule has 0 aliphatic rings. The minimum absolute atomic E-state index is 0.138. The van der Waals surface area contributed by atoms with E-state index in [1.807, 2.05) is 25.1 Å². The van der Waals surface area contributed by atoms with Gasteiger partial charge in [0.25, 0.3) is 5.91 Å². The average Bonchev–Trinajstić information content (AvgIpc) is 3.07. The Morgan fingerprint density at radius 2 is 2.29 bits per heavy atom. The summed E-state index contributed by atoms with van der Waals surface area (Å²) in [5.74, 6) is 0.245. The number of hydrogen-bond donors (Lipinski definition) is 1. The van der Waals surface area contributed by atoms with Crippen molar-refractivity contribution in [2.24, 2.45) is 0 Å². The second-order valence-corrected chi connectivity index (χ2v) is 5.88. The molecule has 21 heavy (non-hydrogen) atoms. The summed E-state index contributed by atoms with van der Waals surface area (Å²) in [6.45, 7) is 2.38. The number of aromatic amines is 1. The Kier molecular flexibility index (Phi) is 3.55. The molecule has 6 heteroatoms. The maximum absolute atomic E-state index is 12.5. The van der Waals surface area contributed by atoms with E-state index in [1.54, 1.807) is 24.3 Å². The zero-order valence-corrected chi connectivity index (χ0v) is 13.3. The lowest BCUT2D eigenvalue weighted by molar-refractivity contribution is 0.0755. The van der Waals surface area contributed by atoms with Crippen LogP contribution in [0.5, 0.6) is 0 Å². The smallest absolute Gasteiger partial charge is 0.289 e. The van der Waals surface area contributed by atoms with Crippen LogP contribution < -0.4 is 0 Å². The lowest BCUT2D eigenvalue weighted by Crippen LogP contribution is -2.26. The van der Waals surface area contributed by atoms with E-state index < -0.39 is 0 Å². The van der Waals surface area contributed by atoms with Crippen LogP contribution in [0.4, 0.5) is 0 Å². The fourth-order valence-corrected chi connectivity index (χ4v) is 2.64. The molecule has 3 aromatic rings. The zero-order chi connectivity index (χ0) is 15.0. The highest BCUT2D eigenvalue weighted by Crippen LogP contribution is 2.28. The first-order valence-electron chi connectivity index (χ1n) is 6.48. The van der Waals surface area contributed by atoms with Crippen LogP contribution >= 0.6 is 15.9 Å². The molecule has 2 aromatic heterocycles. The summed E-state index contributed by atoms with van der Waals surface area (Å²) in [7, 11) is 1.75. The van der Waals surface area contributed by atoms with Crippen LogP contribution in [0.25, 0.3) is 11.0 Å². The second-order valence-electron chi connectivity index (χ2n) is 4.96. The first kappa shape index (κ1) is 13.9. The van der Waals surface area contributed by atoms with Gasteiger partial charge in [0.1, 0.15) is 5.58 Å². The highest BCUT2D eigenvalue weighted by atomic mass is 79.9. The largest absolute Gasteiger partial charge is 0.451 e.